The molecule has 0 aromatic carbocycles. The minimum absolute atomic E-state index is 0.0270. The van der Waals surface area contributed by atoms with E-state index in [9.17, 15) is 8.78 Å². The zero-order valence-electron chi connectivity index (χ0n) is 9.89. The van der Waals surface area contributed by atoms with E-state index < -0.39 is 5.92 Å². The topological polar surface area (TPSA) is 12.4 Å². The summed E-state index contributed by atoms with van der Waals surface area (Å²) in [5.74, 6) is -2.15. The number of hydrogen-bond acceptors (Lipinski definition) is 1. The predicted octanol–water partition coefficient (Wildman–Crippen LogP) is 3.93. The van der Waals surface area contributed by atoms with Crippen LogP contribution in [0.5, 0.6) is 0 Å². The van der Waals surface area contributed by atoms with Gasteiger partial charge in [0.2, 0.25) is 5.92 Å². The number of nitrogens with zero attached hydrogens (tertiary/aromatic N) is 1. The maximum atomic E-state index is 12.8. The molecule has 0 N–H and O–H groups in total. The fourth-order valence-electron chi connectivity index (χ4n) is 1.69. The molecule has 1 aliphatic rings. The van der Waals surface area contributed by atoms with E-state index in [4.69, 9.17) is 0 Å². The summed E-state index contributed by atoms with van der Waals surface area (Å²) >= 11 is 0. The fourth-order valence-corrected chi connectivity index (χ4v) is 1.69. The Morgan fingerprint density at radius 1 is 1.27 bits per heavy atom. The lowest BCUT2D eigenvalue weighted by Gasteiger charge is -2.26. The molecule has 1 nitrogen and oxygen atoms in total. The molecule has 0 aliphatic heterocycles. The normalized spacial score (nSPS) is 23.5. The van der Waals surface area contributed by atoms with Gasteiger partial charge in [-0.25, -0.2) is 8.78 Å². The van der Waals surface area contributed by atoms with Crippen molar-refractivity contribution in [1.82, 2.24) is 0 Å². The zero-order valence-corrected chi connectivity index (χ0v) is 9.89. The second-order valence-electron chi connectivity index (χ2n) is 5.74. The van der Waals surface area contributed by atoms with Crippen LogP contribution in [-0.2, 0) is 0 Å². The van der Waals surface area contributed by atoms with E-state index in [0.717, 1.165) is 6.54 Å². The smallest absolute Gasteiger partial charge is 0.248 e. The summed E-state index contributed by atoms with van der Waals surface area (Å²) in [6.07, 6.45) is 3.11. The van der Waals surface area contributed by atoms with Gasteiger partial charge in [-0.1, -0.05) is 20.8 Å². The highest BCUT2D eigenvalue weighted by Gasteiger charge is 2.34. The van der Waals surface area contributed by atoms with Crippen LogP contribution in [0.1, 0.15) is 46.5 Å². The molecule has 1 rings (SSSR count). The molecule has 1 aliphatic carbocycles. The number of halogens is 2. The Hall–Kier alpha value is -0.470. The highest BCUT2D eigenvalue weighted by atomic mass is 19.3. The molecule has 0 aromatic rings. The van der Waals surface area contributed by atoms with Crippen molar-refractivity contribution in [1.29, 1.82) is 0 Å². The Balaban J connectivity index is 2.30. The van der Waals surface area contributed by atoms with Crippen molar-refractivity contribution in [3.8, 4) is 0 Å². The van der Waals surface area contributed by atoms with E-state index >= 15 is 0 Å². The van der Waals surface area contributed by atoms with Gasteiger partial charge in [0.1, 0.15) is 0 Å². The second kappa shape index (κ2) is 4.58. The summed E-state index contributed by atoms with van der Waals surface area (Å²) in [7, 11) is 0. The maximum Gasteiger partial charge on any atom is 0.248 e. The molecular weight excluding hydrogens is 196 g/mol. The third-order valence-corrected chi connectivity index (χ3v) is 2.64. The third-order valence-electron chi connectivity index (χ3n) is 2.64. The summed E-state index contributed by atoms with van der Waals surface area (Å²) in [6, 6.07) is 0. The molecule has 0 bridgehead atoms. The van der Waals surface area contributed by atoms with Crippen LogP contribution < -0.4 is 0 Å². The van der Waals surface area contributed by atoms with Crippen LogP contribution in [-0.4, -0.2) is 18.7 Å². The van der Waals surface area contributed by atoms with E-state index in [-0.39, 0.29) is 24.2 Å². The molecule has 0 radical (unpaired) electrons. The van der Waals surface area contributed by atoms with Crippen LogP contribution in [0, 0.1) is 11.3 Å². The summed E-state index contributed by atoms with van der Waals surface area (Å²) in [6.45, 7) is 7.15. The van der Waals surface area contributed by atoms with Crippen molar-refractivity contribution < 1.29 is 8.78 Å². The molecule has 0 atom stereocenters. The van der Waals surface area contributed by atoms with Crippen LogP contribution in [0.3, 0.4) is 0 Å². The quantitative estimate of drug-likeness (QED) is 0.621. The Morgan fingerprint density at radius 3 is 2.27 bits per heavy atom. The number of hydrogen-bond donors (Lipinski definition) is 0. The van der Waals surface area contributed by atoms with Crippen molar-refractivity contribution in [2.75, 3.05) is 6.54 Å². The third kappa shape index (κ3) is 5.24. The Bertz CT molecular complexity index is 218. The van der Waals surface area contributed by atoms with Crippen LogP contribution in [0.4, 0.5) is 8.78 Å². The van der Waals surface area contributed by atoms with Crippen molar-refractivity contribution in [2.24, 2.45) is 16.3 Å². The van der Waals surface area contributed by atoms with Crippen molar-refractivity contribution in [2.45, 2.75) is 52.4 Å². The van der Waals surface area contributed by atoms with Gasteiger partial charge in [0.15, 0.2) is 0 Å². The Labute approximate surface area is 91.0 Å². The van der Waals surface area contributed by atoms with Gasteiger partial charge in [-0.05, 0) is 24.2 Å². The molecule has 1 fully saturated rings. The molecular formula is C12H21F2N. The van der Waals surface area contributed by atoms with Crippen LogP contribution in [0.15, 0.2) is 4.99 Å². The monoisotopic (exact) mass is 217 g/mol. The SMILES string of the molecule is CC(C)(C)C/N=C\C1CCC(F)(F)CC1. The van der Waals surface area contributed by atoms with E-state index in [1.54, 1.807) is 0 Å². The lowest BCUT2D eigenvalue weighted by Crippen LogP contribution is -2.25. The highest BCUT2D eigenvalue weighted by molar-refractivity contribution is 5.60. The van der Waals surface area contributed by atoms with Gasteiger partial charge in [0.25, 0.3) is 0 Å². The van der Waals surface area contributed by atoms with Gasteiger partial charge in [-0.2, -0.15) is 0 Å². The predicted molar refractivity (Wildman–Crippen MR) is 59.7 cm³/mol. The first-order chi connectivity index (χ1) is 6.79. The van der Waals surface area contributed by atoms with Gasteiger partial charge < -0.3 is 0 Å². The summed E-state index contributed by atoms with van der Waals surface area (Å²) in [4.78, 5) is 4.34. The molecule has 15 heavy (non-hydrogen) atoms. The maximum absolute atomic E-state index is 12.8. The number of alkyl halides is 2. The first-order valence-electron chi connectivity index (χ1n) is 5.66. The highest BCUT2D eigenvalue weighted by Crippen LogP contribution is 2.35. The van der Waals surface area contributed by atoms with Crippen molar-refractivity contribution >= 4 is 6.21 Å². The van der Waals surface area contributed by atoms with E-state index in [0.29, 0.717) is 12.8 Å². The molecule has 88 valence electrons. The lowest BCUT2D eigenvalue weighted by molar-refractivity contribution is -0.0390. The van der Waals surface area contributed by atoms with Gasteiger partial charge in [0, 0.05) is 25.6 Å². The van der Waals surface area contributed by atoms with Crippen molar-refractivity contribution in [3.63, 3.8) is 0 Å². The Kier molecular flexibility index (Phi) is 3.85. The molecule has 0 heterocycles. The van der Waals surface area contributed by atoms with Crippen LogP contribution >= 0.6 is 0 Å². The van der Waals surface area contributed by atoms with Crippen molar-refractivity contribution in [3.05, 3.63) is 0 Å². The van der Waals surface area contributed by atoms with Crippen LogP contribution in [0.25, 0.3) is 0 Å². The fraction of sp³-hybridized carbons (Fsp3) is 0.917. The first kappa shape index (κ1) is 12.6. The standard InChI is InChI=1S/C12H21F2N/c1-11(2,3)9-15-8-10-4-6-12(13,14)7-5-10/h8,10H,4-7,9H2,1-3H3/b15-8-. The summed E-state index contributed by atoms with van der Waals surface area (Å²) in [5, 5.41) is 0. The number of rotatable bonds is 2. The van der Waals surface area contributed by atoms with E-state index in [2.05, 4.69) is 25.8 Å². The second-order valence-corrected chi connectivity index (χ2v) is 5.74. The first-order valence-corrected chi connectivity index (χ1v) is 5.66. The zero-order chi connectivity index (χ0) is 11.5. The Morgan fingerprint density at radius 2 is 1.80 bits per heavy atom. The molecule has 3 heteroatoms. The lowest BCUT2D eigenvalue weighted by atomic mass is 9.87. The van der Waals surface area contributed by atoms with Gasteiger partial charge >= 0.3 is 0 Å². The summed E-state index contributed by atoms with van der Waals surface area (Å²) in [5.41, 5.74) is 0.190. The molecule has 0 saturated heterocycles. The number of aliphatic imine (C=N–C) groups is 1. The molecule has 0 amide bonds. The average Bonchev–Trinajstić information content (AvgIpc) is 2.06. The average molecular weight is 217 g/mol. The van der Waals surface area contributed by atoms with Gasteiger partial charge in [-0.3, -0.25) is 4.99 Å². The van der Waals surface area contributed by atoms with E-state index in [1.807, 2.05) is 6.21 Å². The largest absolute Gasteiger partial charge is 0.297 e. The molecule has 0 aromatic heterocycles. The molecule has 1 saturated carbocycles. The summed E-state index contributed by atoms with van der Waals surface area (Å²) < 4.78 is 25.7. The molecule has 0 spiro atoms. The van der Waals surface area contributed by atoms with E-state index in [1.165, 1.54) is 0 Å². The molecule has 0 unspecified atom stereocenters. The van der Waals surface area contributed by atoms with Crippen LogP contribution in [0.2, 0.25) is 0 Å². The van der Waals surface area contributed by atoms with Gasteiger partial charge in [0.05, 0.1) is 0 Å². The van der Waals surface area contributed by atoms with Gasteiger partial charge in [-0.15, -0.1) is 0 Å². The minimum atomic E-state index is -2.42. The minimum Gasteiger partial charge on any atom is -0.297 e.